The minimum Gasteiger partial charge on any atom is -0.478 e. The topological polar surface area (TPSA) is 114 Å². The number of carboxylic acids is 1. The smallest absolute Gasteiger partial charge is 0.335 e. The number of carboxylic acid groups (broad SMARTS) is 1. The highest BCUT2D eigenvalue weighted by molar-refractivity contribution is 5.98. The predicted molar refractivity (Wildman–Crippen MR) is 145 cm³/mol. The summed E-state index contributed by atoms with van der Waals surface area (Å²) in [5, 5.41) is 24.0. The van der Waals surface area contributed by atoms with Crippen LogP contribution in [0.4, 0.5) is 5.69 Å². The van der Waals surface area contributed by atoms with Gasteiger partial charge in [0.2, 0.25) is 0 Å². The molecule has 4 aromatic rings. The third-order valence-corrected chi connectivity index (χ3v) is 6.65. The maximum atomic E-state index is 12.8. The molecule has 8 heteroatoms. The highest BCUT2D eigenvalue weighted by Gasteiger charge is 2.15. The Kier molecular flexibility index (Phi) is 6.86. The molecule has 1 aromatic heterocycles. The summed E-state index contributed by atoms with van der Waals surface area (Å²) in [5.74, 6) is -1.17. The Morgan fingerprint density at radius 3 is 2.50 bits per heavy atom. The van der Waals surface area contributed by atoms with Crippen LogP contribution in [0.15, 0.2) is 96.7 Å². The number of nitro groups is 1. The highest BCUT2D eigenvalue weighted by Crippen LogP contribution is 2.31. The summed E-state index contributed by atoms with van der Waals surface area (Å²) in [6.07, 6.45) is 8.19. The van der Waals surface area contributed by atoms with Crippen LogP contribution >= 0.6 is 0 Å². The van der Waals surface area contributed by atoms with Gasteiger partial charge >= 0.3 is 5.97 Å². The summed E-state index contributed by atoms with van der Waals surface area (Å²) in [6, 6.07) is 20.6. The quantitative estimate of drug-likeness (QED) is 0.225. The lowest BCUT2D eigenvalue weighted by Gasteiger charge is -2.18. The van der Waals surface area contributed by atoms with Gasteiger partial charge in [-0.2, -0.15) is 0 Å². The van der Waals surface area contributed by atoms with Gasteiger partial charge in [0.25, 0.3) is 11.6 Å². The first-order chi connectivity index (χ1) is 18.4. The highest BCUT2D eigenvalue weighted by atomic mass is 16.6. The summed E-state index contributed by atoms with van der Waals surface area (Å²) >= 11 is 0. The first kappa shape index (κ1) is 24.7. The maximum absolute atomic E-state index is 12.8. The number of non-ortho nitro benzene ring substituents is 1. The van der Waals surface area contributed by atoms with Gasteiger partial charge in [-0.25, -0.2) is 4.79 Å². The molecule has 0 fully saturated rings. The summed E-state index contributed by atoms with van der Waals surface area (Å²) in [6.45, 7) is 0.889. The van der Waals surface area contributed by atoms with Crippen molar-refractivity contribution in [2.75, 3.05) is 0 Å². The molecule has 0 saturated carbocycles. The summed E-state index contributed by atoms with van der Waals surface area (Å²) in [4.78, 5) is 34.6. The van der Waals surface area contributed by atoms with Crippen LogP contribution in [-0.2, 0) is 13.1 Å². The molecule has 0 spiro atoms. The van der Waals surface area contributed by atoms with Gasteiger partial charge in [0, 0.05) is 47.9 Å². The predicted octanol–water partition coefficient (Wildman–Crippen LogP) is 5.98. The molecule has 0 unspecified atom stereocenters. The molecule has 1 amide bonds. The first-order valence-electron chi connectivity index (χ1n) is 12.2. The van der Waals surface area contributed by atoms with Crippen LogP contribution in [0.25, 0.3) is 16.5 Å². The van der Waals surface area contributed by atoms with E-state index in [1.807, 2.05) is 30.5 Å². The van der Waals surface area contributed by atoms with E-state index in [0.717, 1.165) is 46.0 Å². The molecule has 1 heterocycles. The van der Waals surface area contributed by atoms with Crippen molar-refractivity contribution < 1.29 is 19.6 Å². The number of aromatic nitrogens is 1. The van der Waals surface area contributed by atoms with Crippen LogP contribution in [-0.4, -0.2) is 26.5 Å². The van der Waals surface area contributed by atoms with Gasteiger partial charge in [0.15, 0.2) is 0 Å². The van der Waals surface area contributed by atoms with E-state index in [2.05, 4.69) is 22.0 Å². The number of rotatable bonds is 8. The van der Waals surface area contributed by atoms with Crippen LogP contribution in [0.1, 0.15) is 44.7 Å². The molecule has 38 heavy (non-hydrogen) atoms. The van der Waals surface area contributed by atoms with E-state index in [9.17, 15) is 24.8 Å². The molecule has 8 nitrogen and oxygen atoms in total. The largest absolute Gasteiger partial charge is 0.478 e. The van der Waals surface area contributed by atoms with Crippen LogP contribution in [0.5, 0.6) is 0 Å². The van der Waals surface area contributed by atoms with Crippen molar-refractivity contribution in [2.45, 2.75) is 25.9 Å². The number of nitrogens with one attached hydrogen (secondary N) is 1. The first-order valence-corrected chi connectivity index (χ1v) is 12.2. The SMILES string of the molecule is O=C(O)c1cccc(C2=CCCC=C2Cn2ccc3cc(C(=O)NCc4ccc([N+](=O)[O-])cc4)ccc32)c1. The number of aromatic carboxylic acids is 1. The molecule has 0 aliphatic heterocycles. The van der Waals surface area contributed by atoms with E-state index in [1.54, 1.807) is 36.4 Å². The molecule has 1 aliphatic carbocycles. The van der Waals surface area contributed by atoms with E-state index >= 15 is 0 Å². The summed E-state index contributed by atoms with van der Waals surface area (Å²) < 4.78 is 2.12. The lowest BCUT2D eigenvalue weighted by molar-refractivity contribution is -0.384. The van der Waals surface area contributed by atoms with E-state index in [-0.39, 0.29) is 23.7 Å². The molecule has 0 bridgehead atoms. The Hall–Kier alpha value is -4.98. The van der Waals surface area contributed by atoms with Gasteiger partial charge in [0.1, 0.15) is 0 Å². The lowest BCUT2D eigenvalue weighted by atomic mass is 9.91. The number of hydrogen-bond donors (Lipinski definition) is 2. The average Bonchev–Trinajstić information content (AvgIpc) is 3.34. The van der Waals surface area contributed by atoms with Crippen LogP contribution in [0.2, 0.25) is 0 Å². The van der Waals surface area contributed by atoms with Crippen molar-refractivity contribution in [2.24, 2.45) is 0 Å². The normalized spacial score (nSPS) is 13.1. The fourth-order valence-electron chi connectivity index (χ4n) is 4.68. The Labute approximate surface area is 218 Å². The monoisotopic (exact) mass is 507 g/mol. The molecular weight excluding hydrogens is 482 g/mol. The van der Waals surface area contributed by atoms with Gasteiger partial charge in [-0.15, -0.1) is 0 Å². The number of nitrogens with zero attached hydrogens (tertiary/aromatic N) is 2. The van der Waals surface area contributed by atoms with Gasteiger partial charge < -0.3 is 15.0 Å². The molecule has 5 rings (SSSR count). The zero-order chi connectivity index (χ0) is 26.6. The lowest BCUT2D eigenvalue weighted by Crippen LogP contribution is -2.22. The number of nitro benzene ring substituents is 1. The minimum atomic E-state index is -0.947. The molecule has 3 aromatic carbocycles. The van der Waals surface area contributed by atoms with Crippen molar-refractivity contribution in [3.05, 3.63) is 129 Å². The standard InChI is InChI=1S/C30H25N3O5/c34-29(31-18-20-8-11-26(12-9-20)33(37)38)23-10-13-28-22(17-23)14-15-32(28)19-25-4-1-2-7-27(25)21-5-3-6-24(16-21)30(35)36/h3-17H,1-2,18-19H2,(H,31,34)(H,35,36). The van der Waals surface area contributed by atoms with Gasteiger partial charge in [-0.1, -0.05) is 36.4 Å². The van der Waals surface area contributed by atoms with Crippen LogP contribution in [0.3, 0.4) is 0 Å². The summed E-state index contributed by atoms with van der Waals surface area (Å²) in [5.41, 5.74) is 5.62. The number of allylic oxidation sites excluding steroid dienone is 4. The fourth-order valence-corrected chi connectivity index (χ4v) is 4.68. The van der Waals surface area contributed by atoms with Crippen molar-refractivity contribution >= 4 is 34.0 Å². The van der Waals surface area contributed by atoms with E-state index in [1.165, 1.54) is 12.1 Å². The molecule has 190 valence electrons. The second kappa shape index (κ2) is 10.6. The van der Waals surface area contributed by atoms with Crippen molar-refractivity contribution in [3.63, 3.8) is 0 Å². The van der Waals surface area contributed by atoms with Gasteiger partial charge in [-0.05, 0) is 71.5 Å². The molecule has 0 atom stereocenters. The third kappa shape index (κ3) is 5.24. The van der Waals surface area contributed by atoms with E-state index in [0.29, 0.717) is 12.1 Å². The Bertz CT molecular complexity index is 1610. The number of fused-ring (bicyclic) bond motifs is 1. The molecule has 1 aliphatic rings. The molecule has 0 saturated heterocycles. The van der Waals surface area contributed by atoms with Crippen molar-refractivity contribution in [3.8, 4) is 0 Å². The number of benzene rings is 3. The van der Waals surface area contributed by atoms with Crippen molar-refractivity contribution in [1.29, 1.82) is 0 Å². The Morgan fingerprint density at radius 1 is 0.947 bits per heavy atom. The third-order valence-electron chi connectivity index (χ3n) is 6.65. The minimum absolute atomic E-state index is 0.00965. The number of carbonyl (C=O) groups excluding carboxylic acids is 1. The Balaban J connectivity index is 1.30. The zero-order valence-electron chi connectivity index (χ0n) is 20.5. The fraction of sp³-hybridized carbons (Fsp3) is 0.133. The van der Waals surface area contributed by atoms with Gasteiger partial charge in [-0.3, -0.25) is 14.9 Å². The number of amides is 1. The van der Waals surface area contributed by atoms with Crippen molar-refractivity contribution in [1.82, 2.24) is 9.88 Å². The van der Waals surface area contributed by atoms with Crippen LogP contribution < -0.4 is 5.32 Å². The van der Waals surface area contributed by atoms with Gasteiger partial charge in [0.05, 0.1) is 10.5 Å². The average molecular weight is 508 g/mol. The number of hydrogen-bond acceptors (Lipinski definition) is 4. The molecule has 0 radical (unpaired) electrons. The zero-order valence-corrected chi connectivity index (χ0v) is 20.5. The molecular formula is C30H25N3O5. The number of carbonyl (C=O) groups is 2. The Morgan fingerprint density at radius 2 is 1.74 bits per heavy atom. The molecule has 2 N–H and O–H groups in total. The second-order valence-electron chi connectivity index (χ2n) is 9.13. The maximum Gasteiger partial charge on any atom is 0.335 e. The van der Waals surface area contributed by atoms with E-state index < -0.39 is 10.9 Å². The van der Waals surface area contributed by atoms with Crippen LogP contribution in [0, 0.1) is 10.1 Å². The second-order valence-corrected chi connectivity index (χ2v) is 9.13. The van der Waals surface area contributed by atoms with E-state index in [4.69, 9.17) is 0 Å². The summed E-state index contributed by atoms with van der Waals surface area (Å²) in [7, 11) is 0.